The fourth-order valence-corrected chi connectivity index (χ4v) is 5.71. The van der Waals surface area contributed by atoms with Gasteiger partial charge in [0, 0.05) is 31.1 Å². The van der Waals surface area contributed by atoms with Gasteiger partial charge in [0.05, 0.1) is 21.1 Å². The monoisotopic (exact) mass is 421 g/mol. The number of anilines is 2. The molecule has 3 rings (SSSR count). The number of rotatable bonds is 7. The Bertz CT molecular complexity index is 943. The van der Waals surface area contributed by atoms with E-state index >= 15 is 0 Å². The quantitative estimate of drug-likeness (QED) is 0.735. The predicted octanol–water partition coefficient (Wildman–Crippen LogP) is 3.94. The van der Waals surface area contributed by atoms with Crippen LogP contribution >= 0.6 is 11.3 Å². The lowest BCUT2D eigenvalue weighted by atomic mass is 10.2. The van der Waals surface area contributed by atoms with Gasteiger partial charge < -0.3 is 10.2 Å². The average Bonchev–Trinajstić information content (AvgIpc) is 3.34. The van der Waals surface area contributed by atoms with Crippen molar-refractivity contribution in [1.82, 2.24) is 4.31 Å². The third-order valence-electron chi connectivity index (χ3n) is 4.97. The summed E-state index contributed by atoms with van der Waals surface area (Å²) in [5, 5.41) is 2.95. The number of amides is 1. The minimum atomic E-state index is -3.59. The van der Waals surface area contributed by atoms with Crippen LogP contribution in [0.5, 0.6) is 0 Å². The Kier molecular flexibility index (Phi) is 6.42. The Balaban J connectivity index is 1.99. The van der Waals surface area contributed by atoms with Gasteiger partial charge in [-0.2, -0.15) is 4.31 Å². The van der Waals surface area contributed by atoms with Gasteiger partial charge in [-0.3, -0.25) is 4.79 Å². The summed E-state index contributed by atoms with van der Waals surface area (Å²) >= 11 is 1.42. The molecular formula is C20H27N3O3S2. The molecule has 2 aromatic rings. The van der Waals surface area contributed by atoms with E-state index in [4.69, 9.17) is 0 Å². The van der Waals surface area contributed by atoms with Crippen molar-refractivity contribution in [2.75, 3.05) is 36.4 Å². The molecule has 1 amide bonds. The van der Waals surface area contributed by atoms with Crippen LogP contribution in [0.3, 0.4) is 0 Å². The first-order valence-corrected chi connectivity index (χ1v) is 11.9. The second-order valence-corrected chi connectivity index (χ2v) is 10.1. The Morgan fingerprint density at radius 1 is 1.14 bits per heavy atom. The zero-order valence-electron chi connectivity index (χ0n) is 16.6. The van der Waals surface area contributed by atoms with Gasteiger partial charge in [-0.15, -0.1) is 11.3 Å². The van der Waals surface area contributed by atoms with Crippen molar-refractivity contribution in [3.05, 3.63) is 40.1 Å². The zero-order valence-corrected chi connectivity index (χ0v) is 18.2. The Morgan fingerprint density at radius 2 is 1.82 bits per heavy atom. The molecule has 2 heterocycles. The van der Waals surface area contributed by atoms with Crippen molar-refractivity contribution in [3.8, 4) is 0 Å². The SMILES string of the molecule is CCN(CC)S(=O)(=O)c1ccc(N2CCCC2)c(NC(=O)c2ccc(C)s2)c1. The highest BCUT2D eigenvalue weighted by atomic mass is 32.2. The number of aryl methyl sites for hydroxylation is 1. The molecule has 0 aliphatic carbocycles. The number of thiophene rings is 1. The predicted molar refractivity (Wildman–Crippen MR) is 115 cm³/mol. The largest absolute Gasteiger partial charge is 0.370 e. The van der Waals surface area contributed by atoms with Crippen LogP contribution < -0.4 is 10.2 Å². The fourth-order valence-electron chi connectivity index (χ4n) is 3.46. The molecule has 1 aliphatic heterocycles. The van der Waals surface area contributed by atoms with Gasteiger partial charge in [0.25, 0.3) is 5.91 Å². The van der Waals surface area contributed by atoms with Crippen LogP contribution in [0.4, 0.5) is 11.4 Å². The number of carbonyl (C=O) groups excluding carboxylic acids is 1. The van der Waals surface area contributed by atoms with Crippen molar-refractivity contribution in [1.29, 1.82) is 0 Å². The molecule has 1 N–H and O–H groups in total. The molecular weight excluding hydrogens is 394 g/mol. The molecule has 0 spiro atoms. The van der Waals surface area contributed by atoms with E-state index < -0.39 is 10.0 Å². The van der Waals surface area contributed by atoms with Crippen molar-refractivity contribution >= 4 is 38.6 Å². The summed E-state index contributed by atoms with van der Waals surface area (Å²) < 4.78 is 27.3. The second-order valence-electron chi connectivity index (χ2n) is 6.83. The first-order valence-electron chi connectivity index (χ1n) is 9.63. The molecule has 0 saturated carbocycles. The summed E-state index contributed by atoms with van der Waals surface area (Å²) in [7, 11) is -3.59. The molecule has 6 nitrogen and oxygen atoms in total. The van der Waals surface area contributed by atoms with Crippen molar-refractivity contribution in [3.63, 3.8) is 0 Å². The van der Waals surface area contributed by atoms with Crippen LogP contribution in [0.15, 0.2) is 35.2 Å². The molecule has 28 heavy (non-hydrogen) atoms. The van der Waals surface area contributed by atoms with Crippen LogP contribution in [0.1, 0.15) is 41.2 Å². The number of sulfonamides is 1. The lowest BCUT2D eigenvalue weighted by Gasteiger charge is -2.24. The van der Waals surface area contributed by atoms with E-state index in [0.29, 0.717) is 23.7 Å². The minimum Gasteiger partial charge on any atom is -0.370 e. The van der Waals surface area contributed by atoms with Gasteiger partial charge in [0.1, 0.15) is 0 Å². The maximum absolute atomic E-state index is 12.9. The maximum Gasteiger partial charge on any atom is 0.265 e. The standard InChI is InChI=1S/C20H27N3O3S2/c1-4-23(5-2)28(25,26)16-9-10-18(22-12-6-7-13-22)17(14-16)21-20(24)19-11-8-15(3)27-19/h8-11,14H,4-7,12-13H2,1-3H3,(H,21,24). The normalized spacial score (nSPS) is 14.6. The molecule has 1 aromatic heterocycles. The van der Waals surface area contributed by atoms with E-state index in [1.54, 1.807) is 18.2 Å². The number of nitrogens with zero attached hydrogens (tertiary/aromatic N) is 2. The number of benzene rings is 1. The van der Waals surface area contributed by atoms with Crippen molar-refractivity contribution in [2.24, 2.45) is 0 Å². The van der Waals surface area contributed by atoms with Crippen LogP contribution in [-0.2, 0) is 10.0 Å². The van der Waals surface area contributed by atoms with Gasteiger partial charge >= 0.3 is 0 Å². The van der Waals surface area contributed by atoms with Crippen LogP contribution in [0, 0.1) is 6.92 Å². The smallest absolute Gasteiger partial charge is 0.265 e. The van der Waals surface area contributed by atoms with Gasteiger partial charge in [-0.05, 0) is 50.1 Å². The highest BCUT2D eigenvalue weighted by Gasteiger charge is 2.25. The number of hydrogen-bond donors (Lipinski definition) is 1. The zero-order chi connectivity index (χ0) is 20.3. The molecule has 0 atom stereocenters. The molecule has 0 bridgehead atoms. The van der Waals surface area contributed by atoms with E-state index in [-0.39, 0.29) is 10.8 Å². The van der Waals surface area contributed by atoms with Crippen LogP contribution in [-0.4, -0.2) is 44.8 Å². The molecule has 0 unspecified atom stereocenters. The van der Waals surface area contributed by atoms with E-state index in [9.17, 15) is 13.2 Å². The summed E-state index contributed by atoms with van der Waals surface area (Å²) in [6, 6.07) is 8.76. The van der Waals surface area contributed by atoms with Gasteiger partial charge in [0.15, 0.2) is 0 Å². The molecule has 1 aliphatic rings. The lowest BCUT2D eigenvalue weighted by Crippen LogP contribution is -2.31. The molecule has 152 valence electrons. The number of carbonyl (C=O) groups is 1. The molecule has 8 heteroatoms. The third-order valence-corrected chi connectivity index (χ3v) is 8.02. The van der Waals surface area contributed by atoms with E-state index in [1.807, 2.05) is 32.9 Å². The first-order chi connectivity index (χ1) is 13.4. The highest BCUT2D eigenvalue weighted by Crippen LogP contribution is 2.33. The maximum atomic E-state index is 12.9. The Hall–Kier alpha value is -1.90. The highest BCUT2D eigenvalue weighted by molar-refractivity contribution is 7.89. The second kappa shape index (κ2) is 8.63. The Morgan fingerprint density at radius 3 is 2.39 bits per heavy atom. The summed E-state index contributed by atoms with van der Waals surface area (Å²) in [5.41, 5.74) is 1.42. The molecule has 1 aromatic carbocycles. The summed E-state index contributed by atoms with van der Waals surface area (Å²) in [5.74, 6) is -0.212. The number of nitrogens with one attached hydrogen (secondary N) is 1. The summed E-state index contributed by atoms with van der Waals surface area (Å²) in [4.78, 5) is 16.8. The molecule has 1 saturated heterocycles. The van der Waals surface area contributed by atoms with E-state index in [1.165, 1.54) is 15.6 Å². The lowest BCUT2D eigenvalue weighted by molar-refractivity contribution is 0.103. The van der Waals surface area contributed by atoms with Crippen LogP contribution in [0.2, 0.25) is 0 Å². The van der Waals surface area contributed by atoms with Crippen molar-refractivity contribution in [2.45, 2.75) is 38.5 Å². The van der Waals surface area contributed by atoms with Gasteiger partial charge in [0.2, 0.25) is 10.0 Å². The summed E-state index contributed by atoms with van der Waals surface area (Å²) in [6.45, 7) is 8.22. The topological polar surface area (TPSA) is 69.7 Å². The molecule has 1 fully saturated rings. The third kappa shape index (κ3) is 4.24. The van der Waals surface area contributed by atoms with E-state index in [2.05, 4.69) is 10.2 Å². The van der Waals surface area contributed by atoms with Gasteiger partial charge in [-0.25, -0.2) is 8.42 Å². The van der Waals surface area contributed by atoms with Gasteiger partial charge in [-0.1, -0.05) is 13.8 Å². The fraction of sp³-hybridized carbons (Fsp3) is 0.450. The van der Waals surface area contributed by atoms with E-state index in [0.717, 1.165) is 36.5 Å². The van der Waals surface area contributed by atoms with Crippen molar-refractivity contribution < 1.29 is 13.2 Å². The first kappa shape index (κ1) is 20.8. The van der Waals surface area contributed by atoms with Crippen LogP contribution in [0.25, 0.3) is 0 Å². The summed E-state index contributed by atoms with van der Waals surface area (Å²) in [6.07, 6.45) is 2.19. The average molecular weight is 422 g/mol. The minimum absolute atomic E-state index is 0.205. The number of hydrogen-bond acceptors (Lipinski definition) is 5. The molecule has 0 radical (unpaired) electrons. The Labute approximate surface area is 171 Å².